The van der Waals surface area contributed by atoms with Gasteiger partial charge < -0.3 is 14.9 Å². The third-order valence-corrected chi connectivity index (χ3v) is 3.01. The summed E-state index contributed by atoms with van der Waals surface area (Å²) >= 11 is 0. The Balaban J connectivity index is 2.20. The summed E-state index contributed by atoms with van der Waals surface area (Å²) in [6.45, 7) is 1.48. The minimum atomic E-state index is 0.139. The maximum Gasteiger partial charge on any atom is 0.115 e. The lowest BCUT2D eigenvalue weighted by molar-refractivity contribution is 0.0159. The molecule has 1 aromatic rings. The molecule has 0 amide bonds. The van der Waals surface area contributed by atoms with Crippen molar-refractivity contribution in [2.45, 2.75) is 12.3 Å². The molecule has 82 valence electrons. The number of rotatable bonds is 2. The van der Waals surface area contributed by atoms with Gasteiger partial charge in [-0.3, -0.25) is 0 Å². The lowest BCUT2D eigenvalue weighted by Crippen LogP contribution is -2.28. The molecular formula is C12H16O3. The molecule has 0 bridgehead atoms. The van der Waals surface area contributed by atoms with Gasteiger partial charge in [-0.25, -0.2) is 0 Å². The molecule has 3 nitrogen and oxygen atoms in total. The van der Waals surface area contributed by atoms with E-state index in [4.69, 9.17) is 4.74 Å². The summed E-state index contributed by atoms with van der Waals surface area (Å²) in [6, 6.07) is 7.28. The zero-order valence-electron chi connectivity index (χ0n) is 8.60. The Labute approximate surface area is 89.3 Å². The first kappa shape index (κ1) is 10.5. The molecule has 0 aromatic heterocycles. The van der Waals surface area contributed by atoms with Gasteiger partial charge in [0.2, 0.25) is 0 Å². The first-order valence-corrected chi connectivity index (χ1v) is 5.29. The van der Waals surface area contributed by atoms with E-state index in [0.29, 0.717) is 12.5 Å². The summed E-state index contributed by atoms with van der Waals surface area (Å²) in [4.78, 5) is 0. The molecule has 2 atom stereocenters. The molecule has 2 N–H and O–H groups in total. The number of hydrogen-bond donors (Lipinski definition) is 2. The van der Waals surface area contributed by atoms with E-state index in [0.717, 1.165) is 18.6 Å². The molecule has 1 saturated heterocycles. The fourth-order valence-corrected chi connectivity index (χ4v) is 2.17. The van der Waals surface area contributed by atoms with Crippen LogP contribution in [0.1, 0.15) is 17.9 Å². The average Bonchev–Trinajstić information content (AvgIpc) is 2.29. The van der Waals surface area contributed by atoms with Crippen LogP contribution in [0.25, 0.3) is 0 Å². The minimum absolute atomic E-state index is 0.139. The highest BCUT2D eigenvalue weighted by Crippen LogP contribution is 2.32. The van der Waals surface area contributed by atoms with Gasteiger partial charge >= 0.3 is 0 Å². The van der Waals surface area contributed by atoms with Gasteiger partial charge in [0.25, 0.3) is 0 Å². The van der Waals surface area contributed by atoms with Gasteiger partial charge in [-0.05, 0) is 30.0 Å². The largest absolute Gasteiger partial charge is 0.508 e. The molecule has 1 aliphatic heterocycles. The van der Waals surface area contributed by atoms with Crippen LogP contribution < -0.4 is 0 Å². The van der Waals surface area contributed by atoms with Crippen LogP contribution in [0.3, 0.4) is 0 Å². The Hall–Kier alpha value is -1.06. The first-order chi connectivity index (χ1) is 7.31. The van der Waals surface area contributed by atoms with E-state index in [2.05, 4.69) is 0 Å². The monoisotopic (exact) mass is 208 g/mol. The Kier molecular flexibility index (Phi) is 3.23. The standard InChI is InChI=1S/C12H16O3/c13-7-10-8-15-5-4-12(10)9-2-1-3-11(14)6-9/h1-3,6,10,12-14H,4-5,7-8H2/t10-,12+/m1/s1. The van der Waals surface area contributed by atoms with E-state index >= 15 is 0 Å². The number of hydrogen-bond acceptors (Lipinski definition) is 3. The fraction of sp³-hybridized carbons (Fsp3) is 0.500. The van der Waals surface area contributed by atoms with Crippen LogP contribution in [0.5, 0.6) is 5.75 Å². The topological polar surface area (TPSA) is 49.7 Å². The van der Waals surface area contributed by atoms with Crippen LogP contribution >= 0.6 is 0 Å². The summed E-state index contributed by atoms with van der Waals surface area (Å²) in [7, 11) is 0. The predicted octanol–water partition coefficient (Wildman–Crippen LogP) is 1.50. The molecule has 1 aromatic carbocycles. The molecule has 0 saturated carbocycles. The van der Waals surface area contributed by atoms with Crippen molar-refractivity contribution in [1.29, 1.82) is 0 Å². The summed E-state index contributed by atoms with van der Waals surface area (Å²) in [5.41, 5.74) is 1.09. The minimum Gasteiger partial charge on any atom is -0.508 e. The highest BCUT2D eigenvalue weighted by molar-refractivity contribution is 5.30. The molecule has 0 unspecified atom stereocenters. The van der Waals surface area contributed by atoms with Gasteiger partial charge in [0, 0.05) is 19.1 Å². The van der Waals surface area contributed by atoms with Crippen LogP contribution in [0.15, 0.2) is 24.3 Å². The third-order valence-electron chi connectivity index (χ3n) is 3.01. The lowest BCUT2D eigenvalue weighted by atomic mass is 9.83. The summed E-state index contributed by atoms with van der Waals surface area (Å²) in [5.74, 6) is 0.743. The van der Waals surface area contributed by atoms with E-state index in [9.17, 15) is 10.2 Å². The molecule has 15 heavy (non-hydrogen) atoms. The highest BCUT2D eigenvalue weighted by atomic mass is 16.5. The molecular weight excluding hydrogens is 192 g/mol. The fourth-order valence-electron chi connectivity index (χ4n) is 2.17. The molecule has 1 heterocycles. The number of aliphatic hydroxyl groups excluding tert-OH is 1. The average molecular weight is 208 g/mol. The molecule has 1 fully saturated rings. The zero-order chi connectivity index (χ0) is 10.7. The zero-order valence-corrected chi connectivity index (χ0v) is 8.60. The summed E-state index contributed by atoms with van der Waals surface area (Å²) in [6.07, 6.45) is 0.911. The molecule has 1 aliphatic rings. The van der Waals surface area contributed by atoms with E-state index in [1.165, 1.54) is 0 Å². The molecule has 2 rings (SSSR count). The van der Waals surface area contributed by atoms with Crippen LogP contribution in [0.4, 0.5) is 0 Å². The van der Waals surface area contributed by atoms with Gasteiger partial charge in [0.1, 0.15) is 5.75 Å². The van der Waals surface area contributed by atoms with Crippen molar-refractivity contribution < 1.29 is 14.9 Å². The van der Waals surface area contributed by atoms with Gasteiger partial charge in [0.15, 0.2) is 0 Å². The van der Waals surface area contributed by atoms with Crippen molar-refractivity contribution in [1.82, 2.24) is 0 Å². The van der Waals surface area contributed by atoms with E-state index in [-0.39, 0.29) is 18.3 Å². The number of benzene rings is 1. The SMILES string of the molecule is OC[C@@H]1COCC[C@H]1c1cccc(O)c1. The van der Waals surface area contributed by atoms with E-state index in [1.807, 2.05) is 12.1 Å². The smallest absolute Gasteiger partial charge is 0.115 e. The Morgan fingerprint density at radius 3 is 3.00 bits per heavy atom. The first-order valence-electron chi connectivity index (χ1n) is 5.29. The Morgan fingerprint density at radius 1 is 1.40 bits per heavy atom. The van der Waals surface area contributed by atoms with Crippen LogP contribution in [-0.4, -0.2) is 30.0 Å². The van der Waals surface area contributed by atoms with E-state index < -0.39 is 0 Å². The highest BCUT2D eigenvalue weighted by Gasteiger charge is 2.26. The Morgan fingerprint density at radius 2 is 2.27 bits per heavy atom. The molecule has 0 aliphatic carbocycles. The number of phenolic OH excluding ortho intramolecular Hbond substituents is 1. The van der Waals surface area contributed by atoms with Crippen molar-refractivity contribution >= 4 is 0 Å². The maximum absolute atomic E-state index is 9.41. The lowest BCUT2D eigenvalue weighted by Gasteiger charge is -2.30. The van der Waals surface area contributed by atoms with Crippen LogP contribution in [0.2, 0.25) is 0 Å². The van der Waals surface area contributed by atoms with Crippen molar-refractivity contribution in [3.63, 3.8) is 0 Å². The second-order valence-electron chi connectivity index (χ2n) is 4.01. The molecule has 0 spiro atoms. The quantitative estimate of drug-likeness (QED) is 0.774. The van der Waals surface area contributed by atoms with Crippen molar-refractivity contribution in [3.8, 4) is 5.75 Å². The number of aromatic hydroxyl groups is 1. The van der Waals surface area contributed by atoms with Gasteiger partial charge in [-0.15, -0.1) is 0 Å². The molecule has 0 radical (unpaired) electrons. The van der Waals surface area contributed by atoms with E-state index in [1.54, 1.807) is 12.1 Å². The number of ether oxygens (including phenoxy) is 1. The molecule has 3 heteroatoms. The van der Waals surface area contributed by atoms with Crippen LogP contribution in [-0.2, 0) is 4.74 Å². The maximum atomic E-state index is 9.41. The van der Waals surface area contributed by atoms with Crippen molar-refractivity contribution in [2.75, 3.05) is 19.8 Å². The number of phenols is 1. The van der Waals surface area contributed by atoms with Gasteiger partial charge in [-0.2, -0.15) is 0 Å². The third kappa shape index (κ3) is 2.30. The van der Waals surface area contributed by atoms with Gasteiger partial charge in [-0.1, -0.05) is 12.1 Å². The van der Waals surface area contributed by atoms with Crippen LogP contribution in [0, 0.1) is 5.92 Å². The number of aliphatic hydroxyl groups is 1. The van der Waals surface area contributed by atoms with Crippen molar-refractivity contribution in [3.05, 3.63) is 29.8 Å². The second-order valence-corrected chi connectivity index (χ2v) is 4.01. The summed E-state index contributed by atoms with van der Waals surface area (Å²) in [5, 5.41) is 18.7. The van der Waals surface area contributed by atoms with Crippen molar-refractivity contribution in [2.24, 2.45) is 5.92 Å². The summed E-state index contributed by atoms with van der Waals surface area (Å²) < 4.78 is 5.33. The normalized spacial score (nSPS) is 26.5. The Bertz CT molecular complexity index is 324. The second kappa shape index (κ2) is 4.64. The van der Waals surface area contributed by atoms with Gasteiger partial charge in [0.05, 0.1) is 6.61 Å². The predicted molar refractivity (Wildman–Crippen MR) is 56.9 cm³/mol.